The van der Waals surface area contributed by atoms with Crippen LogP contribution in [0.3, 0.4) is 0 Å². The molecule has 6 aromatic rings. The molecule has 2 amide bonds. The zero-order valence-electron chi connectivity index (χ0n) is 23.3. The van der Waals surface area contributed by atoms with E-state index >= 15 is 0 Å². The minimum Gasteiger partial charge on any atom is -0.324 e. The van der Waals surface area contributed by atoms with Gasteiger partial charge in [0.2, 0.25) is 11.9 Å². The summed E-state index contributed by atoms with van der Waals surface area (Å²) in [4.78, 5) is 41.0. The van der Waals surface area contributed by atoms with Gasteiger partial charge in [-0.05, 0) is 55.0 Å². The van der Waals surface area contributed by atoms with Crippen LogP contribution in [0, 0.1) is 17.5 Å². The third kappa shape index (κ3) is 5.49. The Hall–Kier alpha value is -5.56. The van der Waals surface area contributed by atoms with Gasteiger partial charge in [0, 0.05) is 53.4 Å². The maximum Gasteiger partial charge on any atom is 0.261 e. The number of amides is 2. The summed E-state index contributed by atoms with van der Waals surface area (Å²) in [5.74, 6) is -3.22. The number of aromatic nitrogens is 4. The quantitative estimate of drug-likeness (QED) is 0.197. The van der Waals surface area contributed by atoms with Crippen molar-refractivity contribution in [3.8, 4) is 22.6 Å². The normalized spacial score (nSPS) is 13.0. The predicted molar refractivity (Wildman–Crippen MR) is 165 cm³/mol. The molecule has 0 bridgehead atoms. The fraction of sp³-hybridized carbons (Fsp3) is 0.0938. The molecule has 7 rings (SSSR count). The lowest BCUT2D eigenvalue weighted by Gasteiger charge is -2.17. The zero-order valence-corrected chi connectivity index (χ0v) is 24.1. The Morgan fingerprint density at radius 3 is 2.56 bits per heavy atom. The van der Waals surface area contributed by atoms with Crippen LogP contribution in [0.4, 0.5) is 36.2 Å². The van der Waals surface area contributed by atoms with Crippen molar-refractivity contribution in [2.75, 3.05) is 22.1 Å². The summed E-state index contributed by atoms with van der Waals surface area (Å²) in [7, 11) is 0. The van der Waals surface area contributed by atoms with Gasteiger partial charge >= 0.3 is 0 Å². The monoisotopic (exact) mass is 625 g/mol. The first kappa shape index (κ1) is 28.2. The van der Waals surface area contributed by atoms with Crippen LogP contribution in [0.15, 0.2) is 84.5 Å². The molecule has 2 N–H and O–H groups in total. The molecule has 1 aliphatic rings. The van der Waals surface area contributed by atoms with E-state index in [1.165, 1.54) is 29.5 Å². The molecule has 0 saturated carbocycles. The number of benzene rings is 3. The first-order valence-corrected chi connectivity index (χ1v) is 14.7. The van der Waals surface area contributed by atoms with Crippen LogP contribution in [-0.2, 0) is 4.79 Å². The summed E-state index contributed by atoms with van der Waals surface area (Å²) in [6.07, 6.45) is 4.55. The van der Waals surface area contributed by atoms with Crippen molar-refractivity contribution < 1.29 is 22.8 Å². The highest BCUT2D eigenvalue weighted by Gasteiger charge is 2.23. The number of fused-ring (bicyclic) bond motifs is 1. The van der Waals surface area contributed by atoms with Gasteiger partial charge in [-0.1, -0.05) is 18.2 Å². The number of carbonyl (C=O) groups excluding carboxylic acids is 2. The second kappa shape index (κ2) is 11.5. The van der Waals surface area contributed by atoms with E-state index in [1.54, 1.807) is 47.5 Å². The van der Waals surface area contributed by atoms with Gasteiger partial charge in [0.15, 0.2) is 4.96 Å². The Labute approximate surface area is 258 Å². The molecule has 4 heterocycles. The number of carbonyl (C=O) groups is 2. The third-order valence-electron chi connectivity index (χ3n) is 7.27. The molecule has 0 unspecified atom stereocenters. The number of thiazole rings is 1. The van der Waals surface area contributed by atoms with Crippen molar-refractivity contribution in [1.82, 2.24) is 19.4 Å². The van der Waals surface area contributed by atoms with Crippen molar-refractivity contribution in [3.05, 3.63) is 108 Å². The largest absolute Gasteiger partial charge is 0.324 e. The fourth-order valence-electron chi connectivity index (χ4n) is 5.29. The van der Waals surface area contributed by atoms with E-state index in [1.807, 2.05) is 16.0 Å². The maximum atomic E-state index is 14.5. The Morgan fingerprint density at radius 1 is 0.933 bits per heavy atom. The highest BCUT2D eigenvalue weighted by Crippen LogP contribution is 2.35. The van der Waals surface area contributed by atoms with E-state index in [9.17, 15) is 22.8 Å². The Balaban J connectivity index is 1.22. The number of hydrogen-bond acceptors (Lipinski definition) is 7. The Kier molecular flexibility index (Phi) is 7.22. The first-order chi connectivity index (χ1) is 21.8. The van der Waals surface area contributed by atoms with Gasteiger partial charge in [0.1, 0.15) is 28.7 Å². The molecule has 1 saturated heterocycles. The molecular weight excluding hydrogens is 603 g/mol. The van der Waals surface area contributed by atoms with E-state index in [0.29, 0.717) is 64.1 Å². The van der Waals surface area contributed by atoms with Crippen LogP contribution in [0.2, 0.25) is 0 Å². The molecular formula is C32H22F3N7O2S. The molecule has 1 aliphatic heterocycles. The Morgan fingerprint density at radius 2 is 1.76 bits per heavy atom. The molecule has 0 spiro atoms. The predicted octanol–water partition coefficient (Wildman–Crippen LogP) is 7.06. The lowest BCUT2D eigenvalue weighted by Crippen LogP contribution is -2.23. The topological polar surface area (TPSA) is 105 Å². The Bertz CT molecular complexity index is 2090. The molecule has 0 radical (unpaired) electrons. The first-order valence-electron chi connectivity index (χ1n) is 13.9. The summed E-state index contributed by atoms with van der Waals surface area (Å²) < 4.78 is 44.8. The highest BCUT2D eigenvalue weighted by atomic mass is 32.1. The number of nitrogens with one attached hydrogen (secondary N) is 2. The number of nitrogens with zero attached hydrogens (tertiary/aromatic N) is 5. The standard InChI is InChI=1S/C32H22F3N7O2S/c33-19-15-21(17-22(16-19)41-11-3-8-26(41)43)38-31-36-10-9-25(39-31)29-28(40-32-42(29)12-13-45-32)18-4-1-5-20(14-18)37-30(44)27-23(34)6-2-7-24(27)35/h1-2,4-7,9-10,12-17H,3,8,11H2,(H,37,44)(H,36,38,39). The van der Waals surface area contributed by atoms with Crippen LogP contribution in [-0.4, -0.2) is 37.7 Å². The highest BCUT2D eigenvalue weighted by molar-refractivity contribution is 7.15. The summed E-state index contributed by atoms with van der Waals surface area (Å²) in [6, 6.07) is 16.0. The molecule has 45 heavy (non-hydrogen) atoms. The average Bonchev–Trinajstić information content (AvgIpc) is 3.73. The molecule has 1 fully saturated rings. The van der Waals surface area contributed by atoms with Crippen molar-refractivity contribution in [2.45, 2.75) is 12.8 Å². The summed E-state index contributed by atoms with van der Waals surface area (Å²) >= 11 is 1.42. The van der Waals surface area contributed by atoms with Crippen LogP contribution in [0.5, 0.6) is 0 Å². The third-order valence-corrected chi connectivity index (χ3v) is 8.02. The number of anilines is 4. The van der Waals surface area contributed by atoms with E-state index in [0.717, 1.165) is 12.1 Å². The molecule has 3 aromatic heterocycles. The molecule has 0 atom stereocenters. The number of imidazole rings is 1. The van der Waals surface area contributed by atoms with Gasteiger partial charge in [-0.25, -0.2) is 28.1 Å². The molecule has 9 nitrogen and oxygen atoms in total. The van der Waals surface area contributed by atoms with Gasteiger partial charge in [-0.2, -0.15) is 0 Å². The van der Waals surface area contributed by atoms with Crippen LogP contribution >= 0.6 is 11.3 Å². The summed E-state index contributed by atoms with van der Waals surface area (Å²) in [5, 5.41) is 7.49. The number of hydrogen-bond donors (Lipinski definition) is 2. The maximum absolute atomic E-state index is 14.5. The molecule has 3 aromatic carbocycles. The van der Waals surface area contributed by atoms with Crippen molar-refractivity contribution in [1.29, 1.82) is 0 Å². The number of halogens is 3. The minimum absolute atomic E-state index is 0.0548. The molecule has 13 heteroatoms. The zero-order chi connectivity index (χ0) is 31.1. The van der Waals surface area contributed by atoms with Gasteiger partial charge < -0.3 is 15.5 Å². The van der Waals surface area contributed by atoms with E-state index in [4.69, 9.17) is 9.97 Å². The second-order valence-corrected chi connectivity index (χ2v) is 11.1. The lowest BCUT2D eigenvalue weighted by molar-refractivity contribution is -0.117. The van der Waals surface area contributed by atoms with Gasteiger partial charge in [0.25, 0.3) is 5.91 Å². The van der Waals surface area contributed by atoms with Crippen LogP contribution < -0.4 is 15.5 Å². The van der Waals surface area contributed by atoms with Gasteiger partial charge in [0.05, 0.1) is 11.4 Å². The van der Waals surface area contributed by atoms with Gasteiger partial charge in [-0.15, -0.1) is 11.3 Å². The number of rotatable bonds is 7. The van der Waals surface area contributed by atoms with Crippen molar-refractivity contribution >= 4 is 51.1 Å². The van der Waals surface area contributed by atoms with Crippen LogP contribution in [0.1, 0.15) is 23.2 Å². The molecule has 0 aliphatic carbocycles. The van der Waals surface area contributed by atoms with E-state index in [2.05, 4.69) is 15.6 Å². The molecule has 224 valence electrons. The summed E-state index contributed by atoms with van der Waals surface area (Å²) in [6.45, 7) is 0.527. The smallest absolute Gasteiger partial charge is 0.261 e. The van der Waals surface area contributed by atoms with Crippen molar-refractivity contribution in [3.63, 3.8) is 0 Å². The second-order valence-electron chi connectivity index (χ2n) is 10.2. The van der Waals surface area contributed by atoms with E-state index in [-0.39, 0.29) is 11.9 Å². The van der Waals surface area contributed by atoms with Crippen LogP contribution in [0.25, 0.3) is 27.6 Å². The van der Waals surface area contributed by atoms with E-state index < -0.39 is 28.9 Å². The van der Waals surface area contributed by atoms with Gasteiger partial charge in [-0.3, -0.25) is 14.0 Å². The average molecular weight is 626 g/mol. The SMILES string of the molecule is O=C(Nc1cccc(-c2nc3sccn3c2-c2ccnc(Nc3cc(F)cc(N4CCCC4=O)c3)n2)c1)c1c(F)cccc1F. The van der Waals surface area contributed by atoms with Crippen molar-refractivity contribution in [2.24, 2.45) is 0 Å². The fourth-order valence-corrected chi connectivity index (χ4v) is 6.00. The summed E-state index contributed by atoms with van der Waals surface area (Å²) in [5.41, 5.74) is 2.76. The minimum atomic E-state index is -0.965. The lowest BCUT2D eigenvalue weighted by atomic mass is 10.1.